The predicted molar refractivity (Wildman–Crippen MR) is 94.2 cm³/mol. The summed E-state index contributed by atoms with van der Waals surface area (Å²) in [5.74, 6) is 0.740. The van der Waals surface area contributed by atoms with Crippen molar-refractivity contribution in [3.05, 3.63) is 77.0 Å². The highest BCUT2D eigenvalue weighted by Gasteiger charge is 2.14. The Labute approximate surface area is 144 Å². The number of rotatable bonds is 4. The van der Waals surface area contributed by atoms with Crippen LogP contribution < -0.4 is 0 Å². The van der Waals surface area contributed by atoms with E-state index in [1.165, 1.54) is 7.11 Å². The molecular formula is C19H14ClNO3. The molecule has 120 valence electrons. The third kappa shape index (κ3) is 3.55. The van der Waals surface area contributed by atoms with Gasteiger partial charge < -0.3 is 9.15 Å². The van der Waals surface area contributed by atoms with Crippen LogP contribution in [-0.2, 0) is 4.74 Å². The average molecular weight is 340 g/mol. The Balaban J connectivity index is 1.88. The van der Waals surface area contributed by atoms with Crippen LogP contribution >= 0.6 is 11.6 Å². The van der Waals surface area contributed by atoms with Crippen LogP contribution in [0.2, 0.25) is 5.02 Å². The van der Waals surface area contributed by atoms with Gasteiger partial charge in [-0.25, -0.2) is 4.79 Å². The van der Waals surface area contributed by atoms with E-state index in [4.69, 9.17) is 20.8 Å². The van der Waals surface area contributed by atoms with Crippen molar-refractivity contribution in [1.29, 1.82) is 0 Å². The topological polar surface area (TPSA) is 51.8 Å². The molecule has 0 atom stereocenters. The zero-order valence-corrected chi connectivity index (χ0v) is 13.7. The molecule has 5 heteroatoms. The van der Waals surface area contributed by atoms with Gasteiger partial charge in [-0.3, -0.25) is 4.99 Å². The molecule has 1 heterocycles. The van der Waals surface area contributed by atoms with Gasteiger partial charge in [-0.05, 0) is 36.4 Å². The van der Waals surface area contributed by atoms with Crippen LogP contribution in [-0.4, -0.2) is 19.3 Å². The largest absolute Gasteiger partial charge is 0.465 e. The van der Waals surface area contributed by atoms with Crippen LogP contribution in [0.25, 0.3) is 11.3 Å². The van der Waals surface area contributed by atoms with Crippen LogP contribution in [0.5, 0.6) is 0 Å². The summed E-state index contributed by atoms with van der Waals surface area (Å²) in [6.45, 7) is 0. The summed E-state index contributed by atoms with van der Waals surface area (Å²) in [5, 5.41) is 0.622. The Morgan fingerprint density at radius 1 is 1.12 bits per heavy atom. The number of furan rings is 1. The predicted octanol–water partition coefficient (Wildman–Crippen LogP) is 5.14. The zero-order chi connectivity index (χ0) is 16.9. The molecule has 0 spiro atoms. The molecule has 0 saturated carbocycles. The lowest BCUT2D eigenvalue weighted by molar-refractivity contribution is 0.0601. The van der Waals surface area contributed by atoms with Gasteiger partial charge in [0.2, 0.25) is 0 Å². The molecule has 0 fully saturated rings. The number of carbonyl (C=O) groups excluding carboxylic acids is 1. The molecule has 0 amide bonds. The standard InChI is InChI=1S/C19H14ClNO3/c1-23-19(22)17-8-3-2-7-16(17)18-10-9-15(24-18)12-21-14-6-4-5-13(20)11-14/h2-12H,1H3. The van der Waals surface area contributed by atoms with Crippen LogP contribution in [0.1, 0.15) is 16.1 Å². The first-order chi connectivity index (χ1) is 11.7. The summed E-state index contributed by atoms with van der Waals surface area (Å²) in [6.07, 6.45) is 1.61. The fourth-order valence-electron chi connectivity index (χ4n) is 2.25. The van der Waals surface area contributed by atoms with Crippen molar-refractivity contribution in [3.63, 3.8) is 0 Å². The maximum atomic E-state index is 11.9. The van der Waals surface area contributed by atoms with E-state index in [1.54, 1.807) is 42.6 Å². The number of carbonyl (C=O) groups is 1. The first-order valence-electron chi connectivity index (χ1n) is 7.24. The molecule has 3 aromatic rings. The normalized spacial score (nSPS) is 10.9. The SMILES string of the molecule is COC(=O)c1ccccc1-c1ccc(C=Nc2cccc(Cl)c2)o1. The fourth-order valence-corrected chi connectivity index (χ4v) is 2.43. The van der Waals surface area contributed by atoms with E-state index in [9.17, 15) is 4.79 Å². The zero-order valence-electron chi connectivity index (χ0n) is 12.9. The van der Waals surface area contributed by atoms with Crippen LogP contribution in [0.4, 0.5) is 5.69 Å². The summed E-state index contributed by atoms with van der Waals surface area (Å²) in [7, 11) is 1.35. The number of halogens is 1. The van der Waals surface area contributed by atoms with E-state index in [0.717, 1.165) is 5.69 Å². The number of methoxy groups -OCH3 is 1. The van der Waals surface area contributed by atoms with E-state index >= 15 is 0 Å². The number of aliphatic imine (C=N–C) groups is 1. The van der Waals surface area contributed by atoms with Crippen molar-refractivity contribution < 1.29 is 13.9 Å². The van der Waals surface area contributed by atoms with E-state index in [-0.39, 0.29) is 0 Å². The maximum absolute atomic E-state index is 11.9. The summed E-state index contributed by atoms with van der Waals surface area (Å²) in [5.41, 5.74) is 1.86. The Bertz CT molecular complexity index is 899. The molecule has 0 unspecified atom stereocenters. The second kappa shape index (κ2) is 7.15. The fraction of sp³-hybridized carbons (Fsp3) is 0.0526. The summed E-state index contributed by atoms with van der Waals surface area (Å²) in [4.78, 5) is 16.2. The van der Waals surface area contributed by atoms with E-state index in [1.807, 2.05) is 24.3 Å². The van der Waals surface area contributed by atoms with Crippen molar-refractivity contribution in [2.24, 2.45) is 4.99 Å². The monoisotopic (exact) mass is 339 g/mol. The van der Waals surface area contributed by atoms with Crippen molar-refractivity contribution in [3.8, 4) is 11.3 Å². The summed E-state index contributed by atoms with van der Waals surface area (Å²) < 4.78 is 10.6. The van der Waals surface area contributed by atoms with E-state index in [2.05, 4.69) is 4.99 Å². The average Bonchev–Trinajstić information content (AvgIpc) is 3.08. The van der Waals surface area contributed by atoms with Crippen molar-refractivity contribution in [2.75, 3.05) is 7.11 Å². The van der Waals surface area contributed by atoms with Gasteiger partial charge in [-0.15, -0.1) is 0 Å². The third-order valence-corrected chi connectivity index (χ3v) is 3.61. The Morgan fingerprint density at radius 2 is 1.96 bits per heavy atom. The molecule has 0 saturated heterocycles. The van der Waals surface area contributed by atoms with Crippen LogP contribution in [0.3, 0.4) is 0 Å². The van der Waals surface area contributed by atoms with Gasteiger partial charge in [0.25, 0.3) is 0 Å². The molecule has 0 bridgehead atoms. The minimum atomic E-state index is -0.406. The number of nitrogens with zero attached hydrogens (tertiary/aromatic N) is 1. The number of ether oxygens (including phenoxy) is 1. The second-order valence-electron chi connectivity index (χ2n) is 4.98. The summed E-state index contributed by atoms with van der Waals surface area (Å²) >= 11 is 5.93. The van der Waals surface area contributed by atoms with Gasteiger partial charge in [0.15, 0.2) is 0 Å². The lowest BCUT2D eigenvalue weighted by atomic mass is 10.1. The summed E-state index contributed by atoms with van der Waals surface area (Å²) in [6, 6.07) is 17.9. The molecule has 24 heavy (non-hydrogen) atoms. The molecule has 0 N–H and O–H groups in total. The van der Waals surface area contributed by atoms with Crippen molar-refractivity contribution in [2.45, 2.75) is 0 Å². The van der Waals surface area contributed by atoms with Gasteiger partial charge in [0, 0.05) is 10.6 Å². The van der Waals surface area contributed by atoms with Gasteiger partial charge in [-0.2, -0.15) is 0 Å². The van der Waals surface area contributed by atoms with E-state index < -0.39 is 5.97 Å². The first-order valence-corrected chi connectivity index (χ1v) is 7.62. The minimum absolute atomic E-state index is 0.406. The smallest absolute Gasteiger partial charge is 0.338 e. The highest BCUT2D eigenvalue weighted by molar-refractivity contribution is 6.30. The molecule has 0 aliphatic carbocycles. The molecule has 0 radical (unpaired) electrons. The number of benzene rings is 2. The van der Waals surface area contributed by atoms with Crippen LogP contribution in [0, 0.1) is 0 Å². The van der Waals surface area contributed by atoms with Crippen LogP contribution in [0.15, 0.2) is 70.1 Å². The van der Waals surface area contributed by atoms with Gasteiger partial charge in [0.05, 0.1) is 24.6 Å². The Kier molecular flexibility index (Phi) is 4.77. The lowest BCUT2D eigenvalue weighted by Gasteiger charge is -2.04. The minimum Gasteiger partial charge on any atom is -0.465 e. The number of hydrogen-bond acceptors (Lipinski definition) is 4. The maximum Gasteiger partial charge on any atom is 0.338 e. The molecule has 3 rings (SSSR count). The second-order valence-corrected chi connectivity index (χ2v) is 5.41. The highest BCUT2D eigenvalue weighted by Crippen LogP contribution is 2.26. The highest BCUT2D eigenvalue weighted by atomic mass is 35.5. The van der Waals surface area contributed by atoms with Gasteiger partial charge in [0.1, 0.15) is 11.5 Å². The molecular weight excluding hydrogens is 326 g/mol. The van der Waals surface area contributed by atoms with Crippen molar-refractivity contribution in [1.82, 2.24) is 0 Å². The quantitative estimate of drug-likeness (QED) is 0.488. The molecule has 2 aromatic carbocycles. The first kappa shape index (κ1) is 16.0. The van der Waals surface area contributed by atoms with E-state index in [0.29, 0.717) is 27.7 Å². The Morgan fingerprint density at radius 3 is 2.75 bits per heavy atom. The molecule has 4 nitrogen and oxygen atoms in total. The van der Waals surface area contributed by atoms with Gasteiger partial charge >= 0.3 is 5.97 Å². The molecule has 0 aliphatic heterocycles. The van der Waals surface area contributed by atoms with Crippen molar-refractivity contribution >= 4 is 29.5 Å². The number of hydrogen-bond donors (Lipinski definition) is 0. The Hall–Kier alpha value is -2.85. The van der Waals surface area contributed by atoms with Gasteiger partial charge in [-0.1, -0.05) is 35.9 Å². The lowest BCUT2D eigenvalue weighted by Crippen LogP contribution is -2.02. The molecule has 0 aliphatic rings. The third-order valence-electron chi connectivity index (χ3n) is 3.37. The number of esters is 1. The molecule has 1 aromatic heterocycles.